The van der Waals surface area contributed by atoms with Gasteiger partial charge in [-0.1, -0.05) is 25.2 Å². The van der Waals surface area contributed by atoms with Crippen molar-refractivity contribution in [2.24, 2.45) is 7.05 Å². The largest absolute Gasteiger partial charge is 0.342 e. The fourth-order valence-electron chi connectivity index (χ4n) is 2.94. The highest BCUT2D eigenvalue weighted by Gasteiger charge is 2.12. The van der Waals surface area contributed by atoms with Crippen molar-refractivity contribution < 1.29 is 0 Å². The van der Waals surface area contributed by atoms with Gasteiger partial charge in [0.25, 0.3) is 0 Å². The number of nitrogens with one attached hydrogen (secondary N) is 1. The van der Waals surface area contributed by atoms with Crippen LogP contribution in [0.5, 0.6) is 0 Å². The monoisotopic (exact) mass is 320 g/mol. The third-order valence-electron chi connectivity index (χ3n) is 4.17. The number of rotatable bonds is 5. The van der Waals surface area contributed by atoms with Crippen LogP contribution in [0.3, 0.4) is 0 Å². The second-order valence-electron chi connectivity index (χ2n) is 6.07. The highest BCUT2D eigenvalue weighted by molar-refractivity contribution is 5.84. The standard InChI is InChI=1S/C20H24N4/c1-5-7-8-10-16-13-21-20(24(16)4)15-11-14(3)19-17(12-15)22-18(23-19)9-6-2/h5,7-8,10-13H,6,9H2,1-4H3,(H,22,23)/b7-5-,10-8-. The van der Waals surface area contributed by atoms with Crippen LogP contribution in [0, 0.1) is 6.92 Å². The van der Waals surface area contributed by atoms with E-state index in [1.807, 2.05) is 38.4 Å². The summed E-state index contributed by atoms with van der Waals surface area (Å²) in [5.41, 5.74) is 5.51. The first-order chi connectivity index (χ1) is 11.6. The lowest BCUT2D eigenvalue weighted by molar-refractivity contribution is 0.861. The predicted molar refractivity (Wildman–Crippen MR) is 101 cm³/mol. The number of nitrogens with zero attached hydrogens (tertiary/aromatic N) is 3. The zero-order chi connectivity index (χ0) is 17.1. The summed E-state index contributed by atoms with van der Waals surface area (Å²) in [6.07, 6.45) is 12.1. The van der Waals surface area contributed by atoms with Crippen molar-refractivity contribution >= 4 is 17.1 Å². The molecule has 0 unspecified atom stereocenters. The average molecular weight is 320 g/mol. The lowest BCUT2D eigenvalue weighted by Gasteiger charge is -2.05. The molecule has 0 atom stereocenters. The van der Waals surface area contributed by atoms with E-state index in [0.717, 1.165) is 46.8 Å². The van der Waals surface area contributed by atoms with Crippen molar-refractivity contribution in [3.05, 3.63) is 53.6 Å². The number of fused-ring (bicyclic) bond motifs is 1. The van der Waals surface area contributed by atoms with Gasteiger partial charge in [-0.2, -0.15) is 0 Å². The molecule has 0 saturated heterocycles. The number of aromatic nitrogens is 4. The predicted octanol–water partition coefficient (Wildman–Crippen LogP) is 4.81. The van der Waals surface area contributed by atoms with Crippen molar-refractivity contribution in [2.75, 3.05) is 0 Å². The minimum atomic E-state index is 0.965. The van der Waals surface area contributed by atoms with Crippen LogP contribution in [0.4, 0.5) is 0 Å². The van der Waals surface area contributed by atoms with E-state index in [4.69, 9.17) is 4.98 Å². The van der Waals surface area contributed by atoms with Crippen molar-refractivity contribution in [3.8, 4) is 11.4 Å². The number of benzene rings is 1. The van der Waals surface area contributed by atoms with Gasteiger partial charge < -0.3 is 9.55 Å². The Labute approximate surface area is 143 Å². The van der Waals surface area contributed by atoms with E-state index < -0.39 is 0 Å². The number of allylic oxidation sites excluding steroid dienone is 3. The first-order valence-electron chi connectivity index (χ1n) is 8.44. The van der Waals surface area contributed by atoms with Crippen molar-refractivity contribution in [2.45, 2.75) is 33.6 Å². The van der Waals surface area contributed by atoms with Crippen LogP contribution >= 0.6 is 0 Å². The molecular formula is C20H24N4. The van der Waals surface area contributed by atoms with Crippen molar-refractivity contribution in [3.63, 3.8) is 0 Å². The highest BCUT2D eigenvalue weighted by atomic mass is 15.1. The van der Waals surface area contributed by atoms with Crippen LogP contribution in [0.1, 0.15) is 37.4 Å². The van der Waals surface area contributed by atoms with E-state index in [0.29, 0.717) is 0 Å². The Morgan fingerprint density at radius 2 is 2.08 bits per heavy atom. The molecule has 3 aromatic rings. The lowest BCUT2D eigenvalue weighted by Crippen LogP contribution is -1.95. The molecule has 2 heterocycles. The van der Waals surface area contributed by atoms with Gasteiger partial charge in [0.2, 0.25) is 0 Å². The molecule has 0 radical (unpaired) electrons. The second-order valence-corrected chi connectivity index (χ2v) is 6.07. The Balaban J connectivity index is 2.03. The van der Waals surface area contributed by atoms with E-state index in [1.165, 1.54) is 5.56 Å². The number of imidazole rings is 2. The van der Waals surface area contributed by atoms with Gasteiger partial charge in [-0.25, -0.2) is 9.97 Å². The summed E-state index contributed by atoms with van der Waals surface area (Å²) in [6, 6.07) is 4.32. The Bertz CT molecular complexity index is 909. The van der Waals surface area contributed by atoms with Gasteiger partial charge in [0.15, 0.2) is 0 Å². The average Bonchev–Trinajstić information content (AvgIpc) is 3.12. The minimum Gasteiger partial charge on any atom is -0.342 e. The fourth-order valence-corrected chi connectivity index (χ4v) is 2.94. The van der Waals surface area contributed by atoms with Crippen LogP contribution in [0.15, 0.2) is 36.6 Å². The molecule has 4 nitrogen and oxygen atoms in total. The molecule has 0 spiro atoms. The van der Waals surface area contributed by atoms with Crippen LogP contribution in [0.2, 0.25) is 0 Å². The number of aryl methyl sites for hydroxylation is 2. The maximum absolute atomic E-state index is 4.71. The molecule has 1 N–H and O–H groups in total. The summed E-state index contributed by atoms with van der Waals surface area (Å²) in [6.45, 7) is 6.29. The molecule has 1 aromatic carbocycles. The normalized spacial score (nSPS) is 12.2. The molecule has 0 amide bonds. The summed E-state index contributed by atoms with van der Waals surface area (Å²) < 4.78 is 2.12. The molecule has 0 aliphatic rings. The third-order valence-corrected chi connectivity index (χ3v) is 4.17. The molecule has 0 fully saturated rings. The minimum absolute atomic E-state index is 0.965. The van der Waals surface area contributed by atoms with E-state index in [-0.39, 0.29) is 0 Å². The Morgan fingerprint density at radius 1 is 1.25 bits per heavy atom. The van der Waals surface area contributed by atoms with Gasteiger partial charge in [-0.05, 0) is 44.0 Å². The highest BCUT2D eigenvalue weighted by Crippen LogP contribution is 2.26. The van der Waals surface area contributed by atoms with Gasteiger partial charge in [0, 0.05) is 19.0 Å². The molecule has 0 aliphatic carbocycles. The first kappa shape index (κ1) is 16.2. The number of H-pyrrole nitrogens is 1. The molecule has 4 heteroatoms. The maximum atomic E-state index is 4.71. The molecule has 0 aliphatic heterocycles. The smallest absolute Gasteiger partial charge is 0.140 e. The maximum Gasteiger partial charge on any atom is 0.140 e. The summed E-state index contributed by atoms with van der Waals surface area (Å²) in [4.78, 5) is 12.8. The zero-order valence-corrected chi connectivity index (χ0v) is 14.8. The van der Waals surface area contributed by atoms with Crippen LogP contribution in [-0.4, -0.2) is 19.5 Å². The molecular weight excluding hydrogens is 296 g/mol. The topological polar surface area (TPSA) is 46.5 Å². The fraction of sp³-hybridized carbons (Fsp3) is 0.300. The summed E-state index contributed by atoms with van der Waals surface area (Å²) in [5.74, 6) is 2.02. The third kappa shape index (κ3) is 3.04. The SMILES string of the molecule is C/C=C\C=C/c1cnc(-c2cc(C)c3nc(CCC)[nH]c3c2)n1C. The lowest BCUT2D eigenvalue weighted by atomic mass is 10.1. The van der Waals surface area contributed by atoms with Gasteiger partial charge in [-0.15, -0.1) is 0 Å². The van der Waals surface area contributed by atoms with Gasteiger partial charge in [0.1, 0.15) is 11.6 Å². The molecule has 0 bridgehead atoms. The zero-order valence-electron chi connectivity index (χ0n) is 14.8. The van der Waals surface area contributed by atoms with Gasteiger partial charge >= 0.3 is 0 Å². The number of hydrogen-bond donors (Lipinski definition) is 1. The molecule has 0 saturated carbocycles. The van der Waals surface area contributed by atoms with Crippen LogP contribution in [0.25, 0.3) is 28.5 Å². The molecule has 124 valence electrons. The van der Waals surface area contributed by atoms with E-state index in [2.05, 4.69) is 46.6 Å². The Morgan fingerprint density at radius 3 is 2.83 bits per heavy atom. The van der Waals surface area contributed by atoms with E-state index in [9.17, 15) is 0 Å². The van der Waals surface area contributed by atoms with E-state index >= 15 is 0 Å². The second kappa shape index (κ2) is 6.87. The first-order valence-corrected chi connectivity index (χ1v) is 8.44. The summed E-state index contributed by atoms with van der Waals surface area (Å²) in [5, 5.41) is 0. The molecule has 2 aromatic heterocycles. The van der Waals surface area contributed by atoms with Crippen LogP contribution in [-0.2, 0) is 13.5 Å². The Hall–Kier alpha value is -2.62. The summed E-state index contributed by atoms with van der Waals surface area (Å²) in [7, 11) is 2.05. The Kier molecular flexibility index (Phi) is 4.65. The molecule has 3 rings (SSSR count). The molecule has 24 heavy (non-hydrogen) atoms. The van der Waals surface area contributed by atoms with Crippen molar-refractivity contribution in [1.29, 1.82) is 0 Å². The van der Waals surface area contributed by atoms with Crippen LogP contribution < -0.4 is 0 Å². The van der Waals surface area contributed by atoms with Gasteiger partial charge in [-0.3, -0.25) is 0 Å². The number of hydrogen-bond acceptors (Lipinski definition) is 2. The quantitative estimate of drug-likeness (QED) is 0.685. The summed E-state index contributed by atoms with van der Waals surface area (Å²) >= 11 is 0. The van der Waals surface area contributed by atoms with E-state index in [1.54, 1.807) is 0 Å². The van der Waals surface area contributed by atoms with Crippen molar-refractivity contribution in [1.82, 2.24) is 19.5 Å². The number of aromatic amines is 1. The van der Waals surface area contributed by atoms with Gasteiger partial charge in [0.05, 0.1) is 22.9 Å².